The number of nitrogens with one attached hydrogen (secondary N) is 1. The van der Waals surface area contributed by atoms with E-state index in [-0.39, 0.29) is 17.6 Å². The number of rotatable bonds is 6. The molecule has 1 rings (SSSR count). The number of halogens is 1. The lowest BCUT2D eigenvalue weighted by molar-refractivity contribution is -0.117. The summed E-state index contributed by atoms with van der Waals surface area (Å²) in [6.45, 7) is 4.70. The second-order valence-electron chi connectivity index (χ2n) is 4.99. The summed E-state index contributed by atoms with van der Waals surface area (Å²) in [5.41, 5.74) is 6.13. The number of amides is 1. The van der Waals surface area contributed by atoms with Crippen molar-refractivity contribution < 1.29 is 9.18 Å². The van der Waals surface area contributed by atoms with E-state index in [2.05, 4.69) is 19.2 Å². The first-order valence-corrected chi connectivity index (χ1v) is 6.26. The lowest BCUT2D eigenvalue weighted by atomic mass is 9.94. The average molecular weight is 252 g/mol. The highest BCUT2D eigenvalue weighted by Gasteiger charge is 2.14. The first-order valence-electron chi connectivity index (χ1n) is 6.26. The molecule has 0 aliphatic carbocycles. The second kappa shape index (κ2) is 7.11. The molecular formula is C14H21FN2O. The molecule has 1 unspecified atom stereocenters. The number of hydrogen-bond acceptors (Lipinski definition) is 2. The molecule has 4 heteroatoms. The maximum Gasteiger partial charge on any atom is 0.224 e. The van der Waals surface area contributed by atoms with Gasteiger partial charge in [0.25, 0.3) is 0 Å². The Kier molecular flexibility index (Phi) is 5.78. The summed E-state index contributed by atoms with van der Waals surface area (Å²) < 4.78 is 12.9. The molecule has 0 saturated heterocycles. The van der Waals surface area contributed by atoms with Gasteiger partial charge in [-0.15, -0.1) is 0 Å². The van der Waals surface area contributed by atoms with Crippen molar-refractivity contribution >= 4 is 11.6 Å². The van der Waals surface area contributed by atoms with Gasteiger partial charge < -0.3 is 11.1 Å². The van der Waals surface area contributed by atoms with Crippen LogP contribution in [0.5, 0.6) is 0 Å². The summed E-state index contributed by atoms with van der Waals surface area (Å²) in [5, 5.41) is 2.69. The molecule has 100 valence electrons. The van der Waals surface area contributed by atoms with Crippen LogP contribution in [0.1, 0.15) is 26.7 Å². The first-order chi connectivity index (χ1) is 8.51. The van der Waals surface area contributed by atoms with Gasteiger partial charge in [0.2, 0.25) is 5.91 Å². The Bertz CT molecular complexity index is 393. The van der Waals surface area contributed by atoms with Crippen molar-refractivity contribution in [2.75, 3.05) is 11.9 Å². The van der Waals surface area contributed by atoms with Gasteiger partial charge in [-0.25, -0.2) is 4.39 Å². The molecule has 3 nitrogen and oxygen atoms in total. The third kappa shape index (κ3) is 5.27. The number of hydrogen-bond donors (Lipinski definition) is 2. The van der Waals surface area contributed by atoms with Crippen LogP contribution in [0, 0.1) is 17.7 Å². The summed E-state index contributed by atoms with van der Waals surface area (Å²) >= 11 is 0. The minimum atomic E-state index is -0.356. The van der Waals surface area contributed by atoms with E-state index >= 15 is 0 Å². The topological polar surface area (TPSA) is 55.1 Å². The highest BCUT2D eigenvalue weighted by atomic mass is 19.1. The molecule has 0 aromatic heterocycles. The van der Waals surface area contributed by atoms with Gasteiger partial charge in [-0.2, -0.15) is 0 Å². The molecule has 0 heterocycles. The Hall–Kier alpha value is -1.42. The van der Waals surface area contributed by atoms with Crippen LogP contribution in [-0.4, -0.2) is 12.5 Å². The molecule has 3 N–H and O–H groups in total. The minimum Gasteiger partial charge on any atom is -0.330 e. The summed E-state index contributed by atoms with van der Waals surface area (Å²) in [7, 11) is 0. The third-order valence-corrected chi connectivity index (χ3v) is 2.72. The van der Waals surface area contributed by atoms with Crippen LogP contribution >= 0.6 is 0 Å². The van der Waals surface area contributed by atoms with E-state index in [1.807, 2.05) is 0 Å². The van der Waals surface area contributed by atoms with Gasteiger partial charge in [-0.3, -0.25) is 4.79 Å². The Morgan fingerprint density at radius 3 is 2.72 bits per heavy atom. The van der Waals surface area contributed by atoms with Crippen molar-refractivity contribution in [3.63, 3.8) is 0 Å². The zero-order chi connectivity index (χ0) is 13.5. The molecule has 0 radical (unpaired) electrons. The number of anilines is 1. The molecule has 0 aliphatic heterocycles. The summed E-state index contributed by atoms with van der Waals surface area (Å²) in [6.07, 6.45) is 1.30. The van der Waals surface area contributed by atoms with Crippen LogP contribution in [0.2, 0.25) is 0 Å². The molecule has 0 aliphatic rings. The van der Waals surface area contributed by atoms with E-state index in [0.717, 1.165) is 6.42 Å². The van der Waals surface area contributed by atoms with E-state index in [1.165, 1.54) is 12.1 Å². The molecule has 0 fully saturated rings. The SMILES string of the molecule is CC(C)CC(CN)CC(=O)Nc1cccc(F)c1. The van der Waals surface area contributed by atoms with Crippen molar-refractivity contribution in [2.24, 2.45) is 17.6 Å². The van der Waals surface area contributed by atoms with Gasteiger partial charge in [0, 0.05) is 12.1 Å². The minimum absolute atomic E-state index is 0.114. The highest BCUT2D eigenvalue weighted by Crippen LogP contribution is 2.16. The fourth-order valence-electron chi connectivity index (χ4n) is 1.97. The van der Waals surface area contributed by atoms with Crippen LogP contribution in [0.4, 0.5) is 10.1 Å². The number of nitrogens with two attached hydrogens (primary N) is 1. The zero-order valence-corrected chi connectivity index (χ0v) is 10.9. The Labute approximate surface area is 108 Å². The number of carbonyl (C=O) groups is 1. The fraction of sp³-hybridized carbons (Fsp3) is 0.500. The van der Waals surface area contributed by atoms with Gasteiger partial charge in [-0.1, -0.05) is 19.9 Å². The summed E-state index contributed by atoms with van der Waals surface area (Å²) in [6, 6.07) is 5.88. The normalized spacial score (nSPS) is 12.5. The largest absolute Gasteiger partial charge is 0.330 e. The van der Waals surface area contributed by atoms with Gasteiger partial charge in [0.15, 0.2) is 0 Å². The van der Waals surface area contributed by atoms with E-state index < -0.39 is 0 Å². The molecule has 1 aromatic rings. The molecule has 18 heavy (non-hydrogen) atoms. The monoisotopic (exact) mass is 252 g/mol. The summed E-state index contributed by atoms with van der Waals surface area (Å²) in [5.74, 6) is 0.223. The average Bonchev–Trinajstić information content (AvgIpc) is 2.27. The molecule has 0 spiro atoms. The standard InChI is InChI=1S/C14H21FN2O/c1-10(2)6-11(9-16)7-14(18)17-13-5-3-4-12(15)8-13/h3-5,8,10-11H,6-7,9,16H2,1-2H3,(H,17,18). The Balaban J connectivity index is 2.50. The summed E-state index contributed by atoms with van der Waals surface area (Å²) in [4.78, 5) is 11.8. The van der Waals surface area contributed by atoms with Crippen molar-refractivity contribution in [2.45, 2.75) is 26.7 Å². The zero-order valence-electron chi connectivity index (χ0n) is 10.9. The maximum atomic E-state index is 12.9. The van der Waals surface area contributed by atoms with Crippen LogP contribution in [0.15, 0.2) is 24.3 Å². The lowest BCUT2D eigenvalue weighted by Gasteiger charge is -2.16. The fourth-order valence-corrected chi connectivity index (χ4v) is 1.97. The van der Waals surface area contributed by atoms with E-state index in [9.17, 15) is 9.18 Å². The van der Waals surface area contributed by atoms with Crippen LogP contribution in [0.3, 0.4) is 0 Å². The quantitative estimate of drug-likeness (QED) is 0.818. The number of carbonyl (C=O) groups excluding carboxylic acids is 1. The highest BCUT2D eigenvalue weighted by molar-refractivity contribution is 5.90. The first kappa shape index (κ1) is 14.6. The number of benzene rings is 1. The molecule has 1 aromatic carbocycles. The van der Waals surface area contributed by atoms with Crippen molar-refractivity contribution in [1.29, 1.82) is 0 Å². The van der Waals surface area contributed by atoms with Crippen molar-refractivity contribution in [1.82, 2.24) is 0 Å². The molecule has 1 atom stereocenters. The van der Waals surface area contributed by atoms with Crippen molar-refractivity contribution in [3.8, 4) is 0 Å². The van der Waals surface area contributed by atoms with Crippen LogP contribution < -0.4 is 11.1 Å². The van der Waals surface area contributed by atoms with E-state index in [0.29, 0.717) is 24.6 Å². The van der Waals surface area contributed by atoms with Crippen LogP contribution in [0.25, 0.3) is 0 Å². The third-order valence-electron chi connectivity index (χ3n) is 2.72. The Morgan fingerprint density at radius 2 is 2.17 bits per heavy atom. The molecule has 0 bridgehead atoms. The molecule has 1 amide bonds. The molecule has 0 saturated carbocycles. The predicted octanol–water partition coefficient (Wildman–Crippen LogP) is 2.78. The van der Waals surface area contributed by atoms with Crippen molar-refractivity contribution in [3.05, 3.63) is 30.1 Å². The van der Waals surface area contributed by atoms with Gasteiger partial charge in [0.1, 0.15) is 5.82 Å². The smallest absolute Gasteiger partial charge is 0.224 e. The Morgan fingerprint density at radius 1 is 1.44 bits per heavy atom. The maximum absolute atomic E-state index is 12.9. The predicted molar refractivity (Wildman–Crippen MR) is 71.6 cm³/mol. The van der Waals surface area contributed by atoms with Gasteiger partial charge in [-0.05, 0) is 43.0 Å². The van der Waals surface area contributed by atoms with E-state index in [1.54, 1.807) is 12.1 Å². The van der Waals surface area contributed by atoms with Gasteiger partial charge in [0.05, 0.1) is 0 Å². The molecular weight excluding hydrogens is 231 g/mol. The van der Waals surface area contributed by atoms with E-state index in [4.69, 9.17) is 5.73 Å². The van der Waals surface area contributed by atoms with Gasteiger partial charge >= 0.3 is 0 Å². The lowest BCUT2D eigenvalue weighted by Crippen LogP contribution is -2.23. The van der Waals surface area contributed by atoms with Crippen LogP contribution in [-0.2, 0) is 4.79 Å². The second-order valence-corrected chi connectivity index (χ2v) is 4.99.